The number of carbonyl (C=O) groups excluding carboxylic acids is 2. The van der Waals surface area contributed by atoms with Gasteiger partial charge in [0.1, 0.15) is 11.6 Å². The summed E-state index contributed by atoms with van der Waals surface area (Å²) in [4.78, 5) is 26.0. The van der Waals surface area contributed by atoms with Gasteiger partial charge in [-0.25, -0.2) is 4.79 Å². The zero-order chi connectivity index (χ0) is 16.3. The molecule has 0 spiro atoms. The predicted molar refractivity (Wildman–Crippen MR) is 89.3 cm³/mol. The molecule has 2 amide bonds. The van der Waals surface area contributed by atoms with E-state index in [0.29, 0.717) is 22.3 Å². The van der Waals surface area contributed by atoms with Crippen LogP contribution in [-0.2, 0) is 9.53 Å². The van der Waals surface area contributed by atoms with Crippen molar-refractivity contribution >= 4 is 41.1 Å². The van der Waals surface area contributed by atoms with Crippen LogP contribution in [0.3, 0.4) is 0 Å². The number of hydrogen-bond donors (Lipinski definition) is 1. The number of halogens is 1. The standard InChI is InChI=1S/C15H19ClN2O3S/c1-15(2,3)21-14(20)18-9-22-8-12(18)13(19)17-11-7-5-4-6-10(11)16/h4-7,12H,8-9H2,1-3H3,(H,17,19)/t12-/m1/s1. The SMILES string of the molecule is CC(C)(C)OC(=O)N1CSC[C@@H]1C(=O)Nc1ccccc1Cl. The van der Waals surface area contributed by atoms with E-state index in [1.165, 1.54) is 16.7 Å². The van der Waals surface area contributed by atoms with Crippen molar-refractivity contribution in [1.82, 2.24) is 4.90 Å². The van der Waals surface area contributed by atoms with Gasteiger partial charge in [-0.3, -0.25) is 9.69 Å². The molecule has 7 heteroatoms. The first-order valence-corrected chi connectivity index (χ1v) is 8.44. The van der Waals surface area contributed by atoms with Crippen molar-refractivity contribution in [3.05, 3.63) is 29.3 Å². The monoisotopic (exact) mass is 342 g/mol. The fourth-order valence-corrected chi connectivity index (χ4v) is 3.26. The molecule has 1 fully saturated rings. The zero-order valence-corrected chi connectivity index (χ0v) is 14.3. The number of anilines is 1. The second-order valence-electron chi connectivity index (χ2n) is 5.93. The maximum absolute atomic E-state index is 12.4. The highest BCUT2D eigenvalue weighted by Crippen LogP contribution is 2.26. The topological polar surface area (TPSA) is 58.6 Å². The lowest BCUT2D eigenvalue weighted by atomic mass is 10.2. The molecule has 0 aromatic heterocycles. The fourth-order valence-electron chi connectivity index (χ4n) is 1.94. The maximum Gasteiger partial charge on any atom is 0.411 e. The van der Waals surface area contributed by atoms with Crippen LogP contribution in [0.5, 0.6) is 0 Å². The third-order valence-electron chi connectivity index (χ3n) is 2.94. The third kappa shape index (κ3) is 4.30. The molecule has 22 heavy (non-hydrogen) atoms. The van der Waals surface area contributed by atoms with Gasteiger partial charge in [0.2, 0.25) is 5.91 Å². The van der Waals surface area contributed by atoms with Crippen LogP contribution in [0.4, 0.5) is 10.5 Å². The first kappa shape index (κ1) is 17.0. The smallest absolute Gasteiger partial charge is 0.411 e. The Hall–Kier alpha value is -1.40. The van der Waals surface area contributed by atoms with Crippen LogP contribution in [-0.4, -0.2) is 40.2 Å². The molecule has 2 rings (SSSR count). The number of amides is 2. The summed E-state index contributed by atoms with van der Waals surface area (Å²) in [5.74, 6) is 0.717. The van der Waals surface area contributed by atoms with Crippen LogP contribution in [0.2, 0.25) is 5.02 Å². The number of para-hydroxylation sites is 1. The maximum atomic E-state index is 12.4. The molecular weight excluding hydrogens is 324 g/mol. The Bertz CT molecular complexity index is 574. The number of hydrogen-bond acceptors (Lipinski definition) is 4. The van der Waals surface area contributed by atoms with Gasteiger partial charge in [0.15, 0.2) is 0 Å². The van der Waals surface area contributed by atoms with Crippen molar-refractivity contribution in [1.29, 1.82) is 0 Å². The summed E-state index contributed by atoms with van der Waals surface area (Å²) < 4.78 is 5.34. The highest BCUT2D eigenvalue weighted by atomic mass is 35.5. The van der Waals surface area contributed by atoms with E-state index in [1.54, 1.807) is 45.0 Å². The molecule has 1 saturated heterocycles. The molecule has 1 aliphatic rings. The Morgan fingerprint density at radius 3 is 2.68 bits per heavy atom. The normalized spacial score (nSPS) is 18.2. The van der Waals surface area contributed by atoms with E-state index < -0.39 is 17.7 Å². The minimum atomic E-state index is -0.589. The van der Waals surface area contributed by atoms with Gasteiger partial charge < -0.3 is 10.1 Å². The highest BCUT2D eigenvalue weighted by molar-refractivity contribution is 7.99. The second kappa shape index (κ2) is 6.79. The van der Waals surface area contributed by atoms with Crippen LogP contribution in [0.1, 0.15) is 20.8 Å². The first-order valence-electron chi connectivity index (χ1n) is 6.91. The molecule has 0 bridgehead atoms. The fraction of sp³-hybridized carbons (Fsp3) is 0.467. The van der Waals surface area contributed by atoms with Gasteiger partial charge >= 0.3 is 6.09 Å². The summed E-state index contributed by atoms with van der Waals surface area (Å²) >= 11 is 7.55. The Morgan fingerprint density at radius 2 is 2.05 bits per heavy atom. The highest BCUT2D eigenvalue weighted by Gasteiger charge is 2.37. The molecule has 1 heterocycles. The largest absolute Gasteiger partial charge is 0.444 e. The van der Waals surface area contributed by atoms with Crippen LogP contribution in [0.15, 0.2) is 24.3 Å². The second-order valence-corrected chi connectivity index (χ2v) is 7.34. The number of carbonyl (C=O) groups is 2. The summed E-state index contributed by atoms with van der Waals surface area (Å²) in [6, 6.07) is 6.44. The number of thioether (sulfide) groups is 1. The zero-order valence-electron chi connectivity index (χ0n) is 12.8. The van der Waals surface area contributed by atoms with E-state index in [1.807, 2.05) is 0 Å². The molecule has 0 saturated carbocycles. The lowest BCUT2D eigenvalue weighted by Crippen LogP contribution is -2.46. The van der Waals surface area contributed by atoms with E-state index in [0.717, 1.165) is 0 Å². The molecule has 0 unspecified atom stereocenters. The number of nitrogens with zero attached hydrogens (tertiary/aromatic N) is 1. The number of ether oxygens (including phenoxy) is 1. The summed E-state index contributed by atoms with van der Waals surface area (Å²) in [5.41, 5.74) is -0.0520. The van der Waals surface area contributed by atoms with Crippen molar-refractivity contribution in [3.63, 3.8) is 0 Å². The third-order valence-corrected chi connectivity index (χ3v) is 4.29. The van der Waals surface area contributed by atoms with Crippen molar-refractivity contribution in [2.24, 2.45) is 0 Å². The van der Waals surface area contributed by atoms with E-state index >= 15 is 0 Å². The van der Waals surface area contributed by atoms with Crippen molar-refractivity contribution in [2.75, 3.05) is 16.9 Å². The molecular formula is C15H19ClN2O3S. The summed E-state index contributed by atoms with van der Waals surface area (Å²) in [7, 11) is 0. The summed E-state index contributed by atoms with van der Waals surface area (Å²) in [6.07, 6.45) is -0.475. The van der Waals surface area contributed by atoms with E-state index in [-0.39, 0.29) is 5.91 Å². The Morgan fingerprint density at radius 1 is 1.36 bits per heavy atom. The average molecular weight is 343 g/mol. The van der Waals surface area contributed by atoms with Crippen LogP contribution >= 0.6 is 23.4 Å². The van der Waals surface area contributed by atoms with Gasteiger partial charge in [-0.2, -0.15) is 0 Å². The number of rotatable bonds is 2. The molecule has 1 aromatic rings. The van der Waals surface area contributed by atoms with E-state index in [9.17, 15) is 9.59 Å². The average Bonchev–Trinajstić information content (AvgIpc) is 2.89. The molecule has 0 radical (unpaired) electrons. The predicted octanol–water partition coefficient (Wildman–Crippen LogP) is 3.59. The van der Waals surface area contributed by atoms with Gasteiger partial charge in [-0.05, 0) is 32.9 Å². The van der Waals surface area contributed by atoms with Crippen LogP contribution in [0.25, 0.3) is 0 Å². The molecule has 120 valence electrons. The molecule has 1 N–H and O–H groups in total. The Labute approximate surface area is 139 Å². The van der Waals surface area contributed by atoms with Gasteiger partial charge in [0.05, 0.1) is 16.6 Å². The molecule has 5 nitrogen and oxygen atoms in total. The molecule has 1 aliphatic heterocycles. The Balaban J connectivity index is 2.05. The van der Waals surface area contributed by atoms with Crippen molar-refractivity contribution in [2.45, 2.75) is 32.4 Å². The van der Waals surface area contributed by atoms with Crippen molar-refractivity contribution < 1.29 is 14.3 Å². The van der Waals surface area contributed by atoms with Gasteiger partial charge in [-0.1, -0.05) is 23.7 Å². The van der Waals surface area contributed by atoms with E-state index in [4.69, 9.17) is 16.3 Å². The molecule has 0 aliphatic carbocycles. The number of benzene rings is 1. The first-order chi connectivity index (χ1) is 10.3. The summed E-state index contributed by atoms with van der Waals surface area (Å²) in [6.45, 7) is 5.40. The Kier molecular flexibility index (Phi) is 5.24. The van der Waals surface area contributed by atoms with Gasteiger partial charge in [0, 0.05) is 5.75 Å². The lowest BCUT2D eigenvalue weighted by Gasteiger charge is -2.27. The van der Waals surface area contributed by atoms with Gasteiger partial charge in [-0.15, -0.1) is 11.8 Å². The minimum absolute atomic E-state index is 0.260. The quantitative estimate of drug-likeness (QED) is 0.892. The van der Waals surface area contributed by atoms with E-state index in [2.05, 4.69) is 5.32 Å². The molecule has 1 aromatic carbocycles. The lowest BCUT2D eigenvalue weighted by molar-refractivity contribution is -0.120. The number of nitrogens with one attached hydrogen (secondary N) is 1. The van der Waals surface area contributed by atoms with Gasteiger partial charge in [0.25, 0.3) is 0 Å². The summed E-state index contributed by atoms with van der Waals surface area (Å²) in [5, 5.41) is 3.23. The van der Waals surface area contributed by atoms with Crippen LogP contribution < -0.4 is 5.32 Å². The van der Waals surface area contributed by atoms with Crippen molar-refractivity contribution in [3.8, 4) is 0 Å². The minimum Gasteiger partial charge on any atom is -0.444 e. The molecule has 1 atom stereocenters. The van der Waals surface area contributed by atoms with Crippen LogP contribution in [0, 0.1) is 0 Å².